The number of rotatable bonds is 5. The van der Waals surface area contributed by atoms with Gasteiger partial charge in [0.2, 0.25) is 0 Å². The van der Waals surface area contributed by atoms with E-state index in [1.165, 1.54) is 37.0 Å². The molecule has 4 aromatic heterocycles. The first-order valence-electron chi connectivity index (χ1n) is 13.4. The van der Waals surface area contributed by atoms with Crippen LogP contribution in [-0.2, 0) is 0 Å². The van der Waals surface area contributed by atoms with Crippen LogP contribution in [-0.4, -0.2) is 49.7 Å². The SMILES string of the molecule is Fc1cccc(-c2nccc3[nH]c(-c4[nH]nc5ncc(C6=CNC=CC(CN7CCCCC7)=C6)cc45)cc23)c1. The Hall–Kier alpha value is -4.56. The van der Waals surface area contributed by atoms with Crippen molar-refractivity contribution >= 4 is 27.5 Å². The third kappa shape index (κ3) is 4.64. The van der Waals surface area contributed by atoms with Gasteiger partial charge in [-0.3, -0.25) is 15.0 Å². The fourth-order valence-electron chi connectivity index (χ4n) is 5.54. The molecular weight excluding hydrogens is 489 g/mol. The van der Waals surface area contributed by atoms with E-state index in [1.54, 1.807) is 12.3 Å². The van der Waals surface area contributed by atoms with Gasteiger partial charge in [-0.05, 0) is 79.6 Å². The summed E-state index contributed by atoms with van der Waals surface area (Å²) in [5.41, 5.74) is 8.09. The molecule has 1 saturated heterocycles. The lowest BCUT2D eigenvalue weighted by atomic mass is 10.0. The zero-order valence-electron chi connectivity index (χ0n) is 21.4. The quantitative estimate of drug-likeness (QED) is 0.259. The molecule has 39 heavy (non-hydrogen) atoms. The van der Waals surface area contributed by atoms with Crippen LogP contribution >= 0.6 is 0 Å². The van der Waals surface area contributed by atoms with Gasteiger partial charge >= 0.3 is 0 Å². The monoisotopic (exact) mass is 517 g/mol. The fourth-order valence-corrected chi connectivity index (χ4v) is 5.54. The lowest BCUT2D eigenvalue weighted by Gasteiger charge is -2.26. The number of nitrogens with zero attached hydrogens (tertiary/aromatic N) is 4. The highest BCUT2D eigenvalue weighted by molar-refractivity contribution is 6.00. The Kier molecular flexibility index (Phi) is 6.01. The predicted octanol–water partition coefficient (Wildman–Crippen LogP) is 6.18. The molecule has 0 saturated carbocycles. The van der Waals surface area contributed by atoms with Crippen LogP contribution in [0.5, 0.6) is 0 Å². The number of pyridine rings is 2. The molecule has 0 radical (unpaired) electrons. The van der Waals surface area contributed by atoms with Crippen molar-refractivity contribution in [2.75, 3.05) is 19.6 Å². The molecule has 0 amide bonds. The van der Waals surface area contributed by atoms with Gasteiger partial charge < -0.3 is 10.3 Å². The zero-order valence-corrected chi connectivity index (χ0v) is 21.4. The lowest BCUT2D eigenvalue weighted by Crippen LogP contribution is -2.31. The summed E-state index contributed by atoms with van der Waals surface area (Å²) in [6.07, 6.45) is 15.9. The maximum absolute atomic E-state index is 13.9. The highest BCUT2D eigenvalue weighted by atomic mass is 19.1. The van der Waals surface area contributed by atoms with Crippen LogP contribution in [0.1, 0.15) is 24.8 Å². The number of hydrogen-bond acceptors (Lipinski definition) is 5. The van der Waals surface area contributed by atoms with Crippen molar-refractivity contribution in [1.29, 1.82) is 0 Å². The summed E-state index contributed by atoms with van der Waals surface area (Å²) in [6.45, 7) is 3.26. The highest BCUT2D eigenvalue weighted by Crippen LogP contribution is 2.33. The molecule has 0 bridgehead atoms. The first kappa shape index (κ1) is 23.5. The van der Waals surface area contributed by atoms with E-state index in [1.807, 2.05) is 36.8 Å². The molecule has 2 aliphatic heterocycles. The summed E-state index contributed by atoms with van der Waals surface area (Å²) in [6, 6.07) is 12.6. The van der Waals surface area contributed by atoms with Crippen molar-refractivity contribution in [3.8, 4) is 22.6 Å². The number of hydrogen-bond donors (Lipinski definition) is 3. The van der Waals surface area contributed by atoms with Gasteiger partial charge in [-0.15, -0.1) is 0 Å². The molecular formula is C31H28FN7. The maximum Gasteiger partial charge on any atom is 0.181 e. The van der Waals surface area contributed by atoms with Gasteiger partial charge in [-0.25, -0.2) is 9.37 Å². The Morgan fingerprint density at radius 3 is 2.77 bits per heavy atom. The van der Waals surface area contributed by atoms with Crippen molar-refractivity contribution in [1.82, 2.24) is 35.4 Å². The van der Waals surface area contributed by atoms with Gasteiger partial charge in [0.15, 0.2) is 5.65 Å². The Bertz CT molecular complexity index is 1770. The molecule has 0 unspecified atom stereocenters. The van der Waals surface area contributed by atoms with E-state index in [0.29, 0.717) is 5.65 Å². The molecule has 0 atom stereocenters. The van der Waals surface area contributed by atoms with Crippen LogP contribution in [0.15, 0.2) is 85.0 Å². The van der Waals surface area contributed by atoms with Gasteiger partial charge in [0.05, 0.1) is 17.1 Å². The smallest absolute Gasteiger partial charge is 0.181 e. The minimum absolute atomic E-state index is 0.286. The number of H-pyrrole nitrogens is 2. The van der Waals surface area contributed by atoms with Crippen LogP contribution in [0, 0.1) is 5.82 Å². The minimum atomic E-state index is -0.286. The van der Waals surface area contributed by atoms with E-state index in [-0.39, 0.29) is 5.82 Å². The number of piperidine rings is 1. The lowest BCUT2D eigenvalue weighted by molar-refractivity contribution is 0.248. The third-order valence-electron chi connectivity index (χ3n) is 7.49. The molecule has 5 aromatic rings. The number of benzene rings is 1. The van der Waals surface area contributed by atoms with Gasteiger partial charge in [0.25, 0.3) is 0 Å². The number of halogens is 1. The number of nitrogens with one attached hydrogen (secondary N) is 3. The van der Waals surface area contributed by atoms with E-state index in [0.717, 1.165) is 69.7 Å². The molecule has 7 nitrogen and oxygen atoms in total. The van der Waals surface area contributed by atoms with E-state index in [2.05, 4.69) is 53.6 Å². The number of allylic oxidation sites excluding steroid dienone is 2. The average Bonchev–Trinajstić information content (AvgIpc) is 3.51. The summed E-state index contributed by atoms with van der Waals surface area (Å²) < 4.78 is 13.9. The second-order valence-corrected chi connectivity index (χ2v) is 10.2. The van der Waals surface area contributed by atoms with E-state index < -0.39 is 0 Å². The second kappa shape index (κ2) is 9.96. The van der Waals surface area contributed by atoms with Crippen LogP contribution in [0.25, 0.3) is 50.2 Å². The summed E-state index contributed by atoms with van der Waals surface area (Å²) in [5, 5.41) is 12.8. The van der Waals surface area contributed by atoms with Gasteiger partial charge in [-0.2, -0.15) is 5.10 Å². The van der Waals surface area contributed by atoms with Gasteiger partial charge in [0.1, 0.15) is 5.82 Å². The largest absolute Gasteiger partial charge is 0.367 e. The molecule has 3 N–H and O–H groups in total. The molecule has 8 heteroatoms. The second-order valence-electron chi connectivity index (χ2n) is 10.2. The summed E-state index contributed by atoms with van der Waals surface area (Å²) >= 11 is 0. The average molecular weight is 518 g/mol. The van der Waals surface area contributed by atoms with E-state index >= 15 is 0 Å². The molecule has 6 heterocycles. The third-order valence-corrected chi connectivity index (χ3v) is 7.49. The van der Waals surface area contributed by atoms with Crippen molar-refractivity contribution in [3.63, 3.8) is 0 Å². The molecule has 1 aromatic carbocycles. The number of aromatic nitrogens is 5. The van der Waals surface area contributed by atoms with Crippen LogP contribution < -0.4 is 5.32 Å². The normalized spacial score (nSPS) is 16.2. The summed E-state index contributed by atoms with van der Waals surface area (Å²) in [4.78, 5) is 15.2. The Morgan fingerprint density at radius 1 is 0.949 bits per heavy atom. The summed E-state index contributed by atoms with van der Waals surface area (Å²) in [7, 11) is 0. The standard InChI is InChI=1S/C31H28FN7/c32-24-6-4-5-21(14-24)29-25-16-28(36-27(25)8-10-34-29)30-26-15-23(18-35-31(26)38-37-30)22-13-20(7-9-33-17-22)19-39-11-2-1-3-12-39/h4-10,13-18,33,36H,1-3,11-12,19H2,(H,35,37,38). The minimum Gasteiger partial charge on any atom is -0.367 e. The zero-order chi connectivity index (χ0) is 26.2. The number of fused-ring (bicyclic) bond motifs is 2. The number of likely N-dealkylation sites (tertiary alicyclic amines) is 1. The van der Waals surface area contributed by atoms with Crippen LogP contribution in [0.4, 0.5) is 4.39 Å². The Morgan fingerprint density at radius 2 is 1.87 bits per heavy atom. The number of aromatic amines is 2. The predicted molar refractivity (Wildman–Crippen MR) is 153 cm³/mol. The van der Waals surface area contributed by atoms with Gasteiger partial charge in [0, 0.05) is 58.8 Å². The highest BCUT2D eigenvalue weighted by Gasteiger charge is 2.17. The fraction of sp³-hybridized carbons (Fsp3) is 0.194. The van der Waals surface area contributed by atoms with Crippen molar-refractivity contribution in [2.24, 2.45) is 0 Å². The maximum atomic E-state index is 13.9. The van der Waals surface area contributed by atoms with Crippen LogP contribution in [0.3, 0.4) is 0 Å². The van der Waals surface area contributed by atoms with E-state index in [4.69, 9.17) is 0 Å². The Balaban J connectivity index is 1.25. The van der Waals surface area contributed by atoms with Crippen molar-refractivity contribution < 1.29 is 4.39 Å². The van der Waals surface area contributed by atoms with Crippen molar-refractivity contribution in [2.45, 2.75) is 19.3 Å². The molecule has 2 aliphatic rings. The van der Waals surface area contributed by atoms with E-state index in [9.17, 15) is 4.39 Å². The molecule has 0 spiro atoms. The van der Waals surface area contributed by atoms with Crippen LogP contribution in [0.2, 0.25) is 0 Å². The molecule has 1 fully saturated rings. The summed E-state index contributed by atoms with van der Waals surface area (Å²) in [5.74, 6) is -0.286. The Labute approximate surface area is 225 Å². The molecule has 194 valence electrons. The first-order valence-corrected chi connectivity index (χ1v) is 13.4. The molecule has 7 rings (SSSR count). The van der Waals surface area contributed by atoms with Gasteiger partial charge in [-0.1, -0.05) is 18.6 Å². The molecule has 0 aliphatic carbocycles. The first-order chi connectivity index (χ1) is 19.2. The topological polar surface area (TPSA) is 85.5 Å². The van der Waals surface area contributed by atoms with Crippen molar-refractivity contribution in [3.05, 3.63) is 96.4 Å².